The fraction of sp³-hybridized carbons (Fsp3) is 0.231. The first kappa shape index (κ1) is 12.1. The normalized spacial score (nSPS) is 21.8. The quantitative estimate of drug-likeness (QED) is 0.736. The Balaban J connectivity index is 1.92. The van der Waals surface area contributed by atoms with E-state index in [9.17, 15) is 4.79 Å². The molecule has 2 aliphatic rings. The van der Waals surface area contributed by atoms with Gasteiger partial charge in [-0.3, -0.25) is 14.7 Å². The molecule has 0 aromatic heterocycles. The highest BCUT2D eigenvalue weighted by molar-refractivity contribution is 8.18. The maximum Gasteiger partial charge on any atom is 0.266 e. The van der Waals surface area contributed by atoms with Gasteiger partial charge in [-0.1, -0.05) is 6.07 Å². The lowest BCUT2D eigenvalue weighted by Crippen LogP contribution is -2.23. The van der Waals surface area contributed by atoms with Crippen LogP contribution in [-0.2, 0) is 4.79 Å². The van der Waals surface area contributed by atoms with E-state index in [0.29, 0.717) is 15.8 Å². The number of likely N-dealkylation sites (N-methyl/N-ethyl adjacent to an activating group) is 1. The Bertz CT molecular complexity index is 610. The second kappa shape index (κ2) is 4.62. The molecule has 5 nitrogen and oxygen atoms in total. The Hall–Kier alpha value is -1.95. The van der Waals surface area contributed by atoms with E-state index in [-0.39, 0.29) is 12.7 Å². The van der Waals surface area contributed by atoms with Gasteiger partial charge in [0.1, 0.15) is 0 Å². The molecule has 0 N–H and O–H groups in total. The average Bonchev–Trinajstić information content (AvgIpc) is 2.98. The minimum atomic E-state index is -0.0386. The van der Waals surface area contributed by atoms with E-state index in [2.05, 4.69) is 4.99 Å². The van der Waals surface area contributed by atoms with Crippen LogP contribution in [0.1, 0.15) is 5.56 Å². The monoisotopic (exact) mass is 276 g/mol. The molecule has 0 atom stereocenters. The maximum absolute atomic E-state index is 12.0. The number of carbonyl (C=O) groups is 1. The van der Waals surface area contributed by atoms with Crippen molar-refractivity contribution in [2.24, 2.45) is 4.99 Å². The molecule has 0 unspecified atom stereocenters. The van der Waals surface area contributed by atoms with Crippen molar-refractivity contribution < 1.29 is 14.3 Å². The minimum Gasteiger partial charge on any atom is -0.454 e. The minimum absolute atomic E-state index is 0.0386. The lowest BCUT2D eigenvalue weighted by Gasteiger charge is -2.05. The molecule has 2 aliphatic heterocycles. The number of thioether (sulfide) groups is 1. The van der Waals surface area contributed by atoms with Crippen molar-refractivity contribution in [3.63, 3.8) is 0 Å². The van der Waals surface area contributed by atoms with E-state index < -0.39 is 0 Å². The molecule has 2 heterocycles. The number of hydrogen-bond acceptors (Lipinski definition) is 5. The highest BCUT2D eigenvalue weighted by Crippen LogP contribution is 2.35. The number of benzene rings is 1. The van der Waals surface area contributed by atoms with Crippen molar-refractivity contribution in [2.75, 3.05) is 20.9 Å². The molecular weight excluding hydrogens is 264 g/mol. The van der Waals surface area contributed by atoms with E-state index in [1.165, 1.54) is 11.8 Å². The zero-order valence-corrected chi connectivity index (χ0v) is 11.4. The van der Waals surface area contributed by atoms with Crippen LogP contribution in [-0.4, -0.2) is 36.9 Å². The summed E-state index contributed by atoms with van der Waals surface area (Å²) in [7, 11) is 3.40. The first-order valence-electron chi connectivity index (χ1n) is 5.73. The molecule has 0 saturated carbocycles. The van der Waals surface area contributed by atoms with Gasteiger partial charge >= 0.3 is 0 Å². The number of amides is 1. The van der Waals surface area contributed by atoms with Gasteiger partial charge in [0.2, 0.25) is 6.79 Å². The van der Waals surface area contributed by atoms with E-state index in [0.717, 1.165) is 11.3 Å². The topological polar surface area (TPSA) is 51.1 Å². The van der Waals surface area contributed by atoms with Crippen LogP contribution >= 0.6 is 11.8 Å². The maximum atomic E-state index is 12.0. The molecule has 3 rings (SSSR count). The number of hydrogen-bond donors (Lipinski definition) is 0. The van der Waals surface area contributed by atoms with Gasteiger partial charge in [0.15, 0.2) is 16.7 Å². The van der Waals surface area contributed by atoms with E-state index in [1.54, 1.807) is 19.0 Å². The predicted octanol–water partition coefficient (Wildman–Crippen LogP) is 1.95. The number of fused-ring (bicyclic) bond motifs is 1. The van der Waals surface area contributed by atoms with Crippen molar-refractivity contribution in [1.82, 2.24) is 4.90 Å². The van der Waals surface area contributed by atoms with Gasteiger partial charge in [-0.25, -0.2) is 0 Å². The summed E-state index contributed by atoms with van der Waals surface area (Å²) in [4.78, 5) is 18.3. The van der Waals surface area contributed by atoms with Crippen molar-refractivity contribution >= 4 is 28.9 Å². The predicted molar refractivity (Wildman–Crippen MR) is 74.3 cm³/mol. The summed E-state index contributed by atoms with van der Waals surface area (Å²) in [5.41, 5.74) is 0.908. The van der Waals surface area contributed by atoms with Gasteiger partial charge in [-0.15, -0.1) is 0 Å². The van der Waals surface area contributed by atoms with Crippen LogP contribution in [0.5, 0.6) is 11.5 Å². The summed E-state index contributed by atoms with van der Waals surface area (Å²) in [6.07, 6.45) is 1.84. The van der Waals surface area contributed by atoms with Crippen LogP contribution < -0.4 is 9.47 Å². The highest BCUT2D eigenvalue weighted by atomic mass is 32.2. The molecular formula is C13H12N2O3S. The van der Waals surface area contributed by atoms with Gasteiger partial charge in [-0.2, -0.15) is 0 Å². The van der Waals surface area contributed by atoms with Crippen LogP contribution in [0.25, 0.3) is 6.08 Å². The zero-order chi connectivity index (χ0) is 13.4. The van der Waals surface area contributed by atoms with Crippen molar-refractivity contribution in [3.05, 3.63) is 28.7 Å². The Kier molecular flexibility index (Phi) is 2.94. The smallest absolute Gasteiger partial charge is 0.266 e. The summed E-state index contributed by atoms with van der Waals surface area (Å²) >= 11 is 1.37. The Morgan fingerprint density at radius 3 is 2.89 bits per heavy atom. The lowest BCUT2D eigenvalue weighted by molar-refractivity contribution is -0.121. The van der Waals surface area contributed by atoms with Crippen LogP contribution in [0.2, 0.25) is 0 Å². The third kappa shape index (κ3) is 2.08. The van der Waals surface area contributed by atoms with E-state index in [4.69, 9.17) is 9.47 Å². The fourth-order valence-electron chi connectivity index (χ4n) is 1.90. The molecule has 19 heavy (non-hydrogen) atoms. The Morgan fingerprint density at radius 1 is 1.37 bits per heavy atom. The van der Waals surface area contributed by atoms with Gasteiger partial charge in [0.25, 0.3) is 5.91 Å². The molecule has 0 bridgehead atoms. The number of aliphatic imine (C=N–C) groups is 1. The van der Waals surface area contributed by atoms with Crippen LogP contribution in [0, 0.1) is 0 Å². The fourth-order valence-corrected chi connectivity index (χ4v) is 2.83. The molecule has 1 amide bonds. The first-order chi connectivity index (χ1) is 9.19. The summed E-state index contributed by atoms with van der Waals surface area (Å²) in [5, 5.41) is 0.706. The van der Waals surface area contributed by atoms with Crippen LogP contribution in [0.15, 0.2) is 28.1 Å². The molecule has 6 heteroatoms. The molecule has 1 fully saturated rings. The van der Waals surface area contributed by atoms with Gasteiger partial charge < -0.3 is 9.47 Å². The average molecular weight is 276 g/mol. The molecule has 0 radical (unpaired) electrons. The third-order valence-corrected chi connectivity index (χ3v) is 4.04. The van der Waals surface area contributed by atoms with Gasteiger partial charge in [0, 0.05) is 14.1 Å². The molecule has 1 aromatic rings. The van der Waals surface area contributed by atoms with Crippen molar-refractivity contribution in [3.8, 4) is 11.5 Å². The zero-order valence-electron chi connectivity index (χ0n) is 10.5. The SMILES string of the molecule is CN=C1S/C(=C\c2ccc3c(c2)OCO3)C(=O)N1C. The molecule has 98 valence electrons. The van der Waals surface area contributed by atoms with Crippen LogP contribution in [0.3, 0.4) is 0 Å². The standard InChI is InChI=1S/C13H12N2O3S/c1-14-13-15(2)12(16)11(19-13)6-8-3-4-9-10(5-8)18-7-17-9/h3-6H,7H2,1-2H3/b11-6-,14-13?. The number of amidine groups is 1. The molecule has 1 aromatic carbocycles. The summed E-state index contributed by atoms with van der Waals surface area (Å²) in [6.45, 7) is 0.248. The second-order valence-corrected chi connectivity index (χ2v) is 5.10. The Labute approximate surface area is 114 Å². The Morgan fingerprint density at radius 2 is 2.16 bits per heavy atom. The van der Waals surface area contributed by atoms with E-state index in [1.807, 2.05) is 24.3 Å². The highest BCUT2D eigenvalue weighted by Gasteiger charge is 2.29. The largest absolute Gasteiger partial charge is 0.454 e. The lowest BCUT2D eigenvalue weighted by atomic mass is 10.2. The number of ether oxygens (including phenoxy) is 2. The van der Waals surface area contributed by atoms with E-state index >= 15 is 0 Å². The third-order valence-electron chi connectivity index (χ3n) is 2.89. The summed E-state index contributed by atoms with van der Waals surface area (Å²) in [6, 6.07) is 5.61. The number of rotatable bonds is 1. The van der Waals surface area contributed by atoms with Crippen molar-refractivity contribution in [2.45, 2.75) is 0 Å². The van der Waals surface area contributed by atoms with Crippen molar-refractivity contribution in [1.29, 1.82) is 0 Å². The molecule has 0 spiro atoms. The number of carbonyl (C=O) groups excluding carboxylic acids is 1. The second-order valence-electron chi connectivity index (χ2n) is 4.09. The van der Waals surface area contributed by atoms with Crippen LogP contribution in [0.4, 0.5) is 0 Å². The molecule has 0 aliphatic carbocycles. The van der Waals surface area contributed by atoms with Gasteiger partial charge in [0.05, 0.1) is 4.91 Å². The summed E-state index contributed by atoms with van der Waals surface area (Å²) in [5.74, 6) is 1.41. The first-order valence-corrected chi connectivity index (χ1v) is 6.55. The number of nitrogens with zero attached hydrogens (tertiary/aromatic N) is 2. The van der Waals surface area contributed by atoms with Gasteiger partial charge in [-0.05, 0) is 35.5 Å². The molecule has 1 saturated heterocycles. The summed E-state index contributed by atoms with van der Waals surface area (Å²) < 4.78 is 10.6.